The van der Waals surface area contributed by atoms with Crippen LogP contribution in [-0.2, 0) is 14.4 Å². The van der Waals surface area contributed by atoms with Gasteiger partial charge in [-0.3, -0.25) is 19.4 Å². The van der Waals surface area contributed by atoms with E-state index in [0.717, 1.165) is 21.7 Å². The van der Waals surface area contributed by atoms with E-state index in [2.05, 4.69) is 15.4 Å². The number of anilines is 1. The zero-order valence-electron chi connectivity index (χ0n) is 19.2. The second-order valence-electron chi connectivity index (χ2n) is 8.82. The Labute approximate surface area is 207 Å². The molecule has 9 heteroatoms. The standard InChI is InChI=1S/C27H22N6O3/c34-23(17-31-25-24(28-30-31)26(35)32(27(25)36)20-14-8-3-9-15-20)33-22(19-12-6-2-7-13-19)16-21(29-33)18-10-4-1-5-11-18/h1-15,22,24-25H,16-17H2/t22-,24+,25+/m1/s1. The maximum atomic E-state index is 13.6. The summed E-state index contributed by atoms with van der Waals surface area (Å²) < 4.78 is 0. The van der Waals surface area contributed by atoms with Crippen LogP contribution in [0.25, 0.3) is 0 Å². The number of carbonyl (C=O) groups is 3. The molecule has 0 N–H and O–H groups in total. The zero-order valence-corrected chi connectivity index (χ0v) is 19.2. The molecule has 9 nitrogen and oxygen atoms in total. The van der Waals surface area contributed by atoms with E-state index in [1.807, 2.05) is 66.7 Å². The summed E-state index contributed by atoms with van der Waals surface area (Å²) >= 11 is 0. The van der Waals surface area contributed by atoms with Crippen LogP contribution in [0.15, 0.2) is 106 Å². The van der Waals surface area contributed by atoms with Gasteiger partial charge in [0.1, 0.15) is 6.54 Å². The average Bonchev–Trinajstić information content (AvgIpc) is 3.61. The van der Waals surface area contributed by atoms with E-state index in [1.165, 1.54) is 10.0 Å². The van der Waals surface area contributed by atoms with Crippen LogP contribution in [0.3, 0.4) is 0 Å². The number of amides is 3. The highest BCUT2D eigenvalue weighted by atomic mass is 16.2. The van der Waals surface area contributed by atoms with Crippen molar-refractivity contribution >= 4 is 29.1 Å². The lowest BCUT2D eigenvalue weighted by atomic mass is 9.98. The quantitative estimate of drug-likeness (QED) is 0.525. The van der Waals surface area contributed by atoms with Crippen molar-refractivity contribution in [3.05, 3.63) is 102 Å². The van der Waals surface area contributed by atoms with E-state index in [4.69, 9.17) is 0 Å². The Morgan fingerprint density at radius 3 is 2.17 bits per heavy atom. The third-order valence-electron chi connectivity index (χ3n) is 6.63. The van der Waals surface area contributed by atoms with Crippen molar-refractivity contribution in [2.45, 2.75) is 24.5 Å². The van der Waals surface area contributed by atoms with E-state index < -0.39 is 23.9 Å². The fourth-order valence-corrected chi connectivity index (χ4v) is 4.88. The Morgan fingerprint density at radius 2 is 1.47 bits per heavy atom. The molecule has 0 unspecified atom stereocenters. The van der Waals surface area contributed by atoms with Gasteiger partial charge in [-0.2, -0.15) is 10.2 Å². The molecule has 1 saturated heterocycles. The molecule has 0 aliphatic carbocycles. The van der Waals surface area contributed by atoms with Crippen LogP contribution in [0.1, 0.15) is 23.6 Å². The number of hydrogen-bond donors (Lipinski definition) is 0. The molecule has 3 heterocycles. The van der Waals surface area contributed by atoms with Crippen molar-refractivity contribution in [3.63, 3.8) is 0 Å². The molecule has 0 spiro atoms. The second-order valence-corrected chi connectivity index (χ2v) is 8.82. The molecule has 3 aromatic rings. The molecule has 3 aliphatic rings. The van der Waals surface area contributed by atoms with Crippen molar-refractivity contribution < 1.29 is 14.4 Å². The van der Waals surface area contributed by atoms with E-state index >= 15 is 0 Å². The smallest absolute Gasteiger partial charge is 0.264 e. The SMILES string of the molecule is O=C1[C@H]2N=NN(CC(=O)N3N=C(c4ccccc4)C[C@@H]3c3ccccc3)[C@@H]2C(=O)N1c1ccccc1. The number of hydrazone groups is 1. The molecule has 0 radical (unpaired) electrons. The van der Waals surface area contributed by atoms with E-state index in [0.29, 0.717) is 12.1 Å². The molecular formula is C27H22N6O3. The summed E-state index contributed by atoms with van der Waals surface area (Å²) in [5, 5.41) is 15.5. The Hall–Kier alpha value is -4.66. The van der Waals surface area contributed by atoms with E-state index in [9.17, 15) is 14.4 Å². The molecular weight excluding hydrogens is 456 g/mol. The first-order valence-corrected chi connectivity index (χ1v) is 11.7. The number of rotatable bonds is 5. The van der Waals surface area contributed by atoms with Gasteiger partial charge in [0, 0.05) is 6.42 Å². The van der Waals surface area contributed by atoms with Gasteiger partial charge in [0.05, 0.1) is 17.4 Å². The topological polar surface area (TPSA) is 98.0 Å². The van der Waals surface area contributed by atoms with Crippen LogP contribution in [0.5, 0.6) is 0 Å². The van der Waals surface area contributed by atoms with Crippen molar-refractivity contribution in [2.24, 2.45) is 15.4 Å². The Balaban J connectivity index is 1.26. The largest absolute Gasteiger partial charge is 0.271 e. The highest BCUT2D eigenvalue weighted by Crippen LogP contribution is 2.35. The predicted octanol–water partition coefficient (Wildman–Crippen LogP) is 3.36. The lowest BCUT2D eigenvalue weighted by molar-refractivity contribution is -0.135. The fraction of sp³-hybridized carbons (Fsp3) is 0.185. The lowest BCUT2D eigenvalue weighted by Gasteiger charge is -2.25. The van der Waals surface area contributed by atoms with Gasteiger partial charge >= 0.3 is 0 Å². The molecule has 3 aliphatic heterocycles. The lowest BCUT2D eigenvalue weighted by Crippen LogP contribution is -2.44. The van der Waals surface area contributed by atoms with Gasteiger partial charge in [-0.1, -0.05) is 84.1 Å². The summed E-state index contributed by atoms with van der Waals surface area (Å²) in [7, 11) is 0. The zero-order chi connectivity index (χ0) is 24.6. The summed E-state index contributed by atoms with van der Waals surface area (Å²) in [6.07, 6.45) is 0.562. The van der Waals surface area contributed by atoms with Crippen LogP contribution < -0.4 is 4.90 Å². The van der Waals surface area contributed by atoms with Gasteiger partial charge in [0.2, 0.25) is 0 Å². The highest BCUT2D eigenvalue weighted by molar-refractivity contribution is 6.25. The molecule has 3 amide bonds. The Morgan fingerprint density at radius 1 is 0.833 bits per heavy atom. The van der Waals surface area contributed by atoms with Crippen LogP contribution in [-0.4, -0.2) is 52.1 Å². The van der Waals surface area contributed by atoms with Crippen molar-refractivity contribution in [3.8, 4) is 0 Å². The van der Waals surface area contributed by atoms with Crippen LogP contribution >= 0.6 is 0 Å². The minimum absolute atomic E-state index is 0.221. The normalized spacial score (nSPS) is 22.8. The molecule has 6 rings (SSSR count). The monoisotopic (exact) mass is 478 g/mol. The molecule has 178 valence electrons. The Bertz CT molecular complexity index is 1380. The predicted molar refractivity (Wildman–Crippen MR) is 132 cm³/mol. The minimum atomic E-state index is -0.961. The number of para-hydroxylation sites is 1. The average molecular weight is 479 g/mol. The molecule has 0 bridgehead atoms. The van der Waals surface area contributed by atoms with Gasteiger partial charge in [0.25, 0.3) is 17.7 Å². The summed E-state index contributed by atoms with van der Waals surface area (Å²) in [6.45, 7) is -0.221. The number of hydrogen-bond acceptors (Lipinski definition) is 7. The summed E-state index contributed by atoms with van der Waals surface area (Å²) in [6, 6.07) is 26.0. The first-order valence-electron chi connectivity index (χ1n) is 11.7. The summed E-state index contributed by atoms with van der Waals surface area (Å²) in [5.41, 5.74) is 3.19. The Kier molecular flexibility index (Phi) is 5.37. The number of carbonyl (C=O) groups excluding carboxylic acids is 3. The van der Waals surface area contributed by atoms with Crippen LogP contribution in [0, 0.1) is 0 Å². The molecule has 0 aromatic heterocycles. The first-order chi connectivity index (χ1) is 17.6. The van der Waals surface area contributed by atoms with E-state index in [-0.39, 0.29) is 18.5 Å². The van der Waals surface area contributed by atoms with Gasteiger partial charge in [0.15, 0.2) is 12.1 Å². The first kappa shape index (κ1) is 21.8. The third-order valence-corrected chi connectivity index (χ3v) is 6.63. The van der Waals surface area contributed by atoms with E-state index in [1.54, 1.807) is 24.3 Å². The number of imide groups is 1. The number of benzene rings is 3. The fourth-order valence-electron chi connectivity index (χ4n) is 4.88. The van der Waals surface area contributed by atoms with Gasteiger partial charge in [-0.05, 0) is 23.3 Å². The summed E-state index contributed by atoms with van der Waals surface area (Å²) in [5.74, 6) is -1.21. The van der Waals surface area contributed by atoms with Crippen molar-refractivity contribution in [2.75, 3.05) is 11.4 Å². The van der Waals surface area contributed by atoms with Gasteiger partial charge in [-0.15, -0.1) is 0 Å². The number of fused-ring (bicyclic) bond motifs is 1. The van der Waals surface area contributed by atoms with Crippen LogP contribution in [0.2, 0.25) is 0 Å². The third kappa shape index (κ3) is 3.65. The molecule has 3 atom stereocenters. The molecule has 3 aromatic carbocycles. The van der Waals surface area contributed by atoms with Gasteiger partial charge in [-0.25, -0.2) is 9.91 Å². The molecule has 36 heavy (non-hydrogen) atoms. The summed E-state index contributed by atoms with van der Waals surface area (Å²) in [4.78, 5) is 40.8. The highest BCUT2D eigenvalue weighted by Gasteiger charge is 2.55. The maximum absolute atomic E-state index is 13.6. The maximum Gasteiger partial charge on any atom is 0.264 e. The second kappa shape index (κ2) is 8.84. The molecule has 0 saturated carbocycles. The van der Waals surface area contributed by atoms with Crippen molar-refractivity contribution in [1.82, 2.24) is 10.0 Å². The van der Waals surface area contributed by atoms with Gasteiger partial charge < -0.3 is 0 Å². The minimum Gasteiger partial charge on any atom is -0.271 e. The van der Waals surface area contributed by atoms with Crippen molar-refractivity contribution in [1.29, 1.82) is 0 Å². The van der Waals surface area contributed by atoms with Crippen LogP contribution in [0.4, 0.5) is 5.69 Å². The number of nitrogens with zero attached hydrogens (tertiary/aromatic N) is 6. The molecule has 1 fully saturated rings.